The average molecular weight is 271 g/mol. The first-order chi connectivity index (χ1) is 9.72. The van der Waals surface area contributed by atoms with Crippen molar-refractivity contribution in [2.75, 3.05) is 0 Å². The van der Waals surface area contributed by atoms with Gasteiger partial charge in [-0.15, -0.1) is 0 Å². The third-order valence-corrected chi connectivity index (χ3v) is 4.19. The maximum absolute atomic E-state index is 9.70. The van der Waals surface area contributed by atoms with Crippen LogP contribution in [0.25, 0.3) is 10.8 Å². The summed E-state index contributed by atoms with van der Waals surface area (Å²) in [6.45, 7) is 0.804. The molecule has 0 radical (unpaired) electrons. The van der Waals surface area contributed by atoms with Gasteiger partial charge in [-0.2, -0.15) is 0 Å². The predicted octanol–water partition coefficient (Wildman–Crippen LogP) is 2.20. The first-order valence-corrected chi connectivity index (χ1v) is 7.29. The molecule has 1 aliphatic rings. The summed E-state index contributed by atoms with van der Waals surface area (Å²) in [5.74, 6) is 0. The van der Waals surface area contributed by atoms with Crippen molar-refractivity contribution in [1.82, 2.24) is 5.32 Å². The number of fused-ring (bicyclic) bond motifs is 1. The highest BCUT2D eigenvalue weighted by molar-refractivity contribution is 5.82. The lowest BCUT2D eigenvalue weighted by Gasteiger charge is -2.30. The number of hydrogen-bond acceptors (Lipinski definition) is 3. The molecular weight excluding hydrogens is 250 g/mol. The van der Waals surface area contributed by atoms with Crippen LogP contribution in [0.1, 0.15) is 24.8 Å². The van der Waals surface area contributed by atoms with Crippen LogP contribution in [-0.2, 0) is 6.54 Å². The Morgan fingerprint density at radius 3 is 2.55 bits per heavy atom. The van der Waals surface area contributed by atoms with E-state index in [1.54, 1.807) is 0 Å². The van der Waals surface area contributed by atoms with Gasteiger partial charge in [0.25, 0.3) is 0 Å². The van der Waals surface area contributed by atoms with E-state index in [0.29, 0.717) is 18.9 Å². The van der Waals surface area contributed by atoms with Crippen LogP contribution >= 0.6 is 0 Å². The van der Waals surface area contributed by atoms with Crippen molar-refractivity contribution in [3.05, 3.63) is 48.0 Å². The summed E-state index contributed by atoms with van der Waals surface area (Å²) in [6, 6.07) is 15.1. The van der Waals surface area contributed by atoms with E-state index in [2.05, 4.69) is 47.8 Å². The van der Waals surface area contributed by atoms with Crippen molar-refractivity contribution >= 4 is 10.8 Å². The van der Waals surface area contributed by atoms with E-state index in [4.69, 9.17) is 0 Å². The van der Waals surface area contributed by atoms with Crippen LogP contribution in [0.2, 0.25) is 0 Å². The summed E-state index contributed by atoms with van der Waals surface area (Å²) < 4.78 is 0. The Morgan fingerprint density at radius 2 is 1.75 bits per heavy atom. The second kappa shape index (κ2) is 5.92. The molecular formula is C17H21NO2. The second-order valence-corrected chi connectivity index (χ2v) is 5.71. The minimum Gasteiger partial charge on any atom is -0.390 e. The summed E-state index contributed by atoms with van der Waals surface area (Å²) in [7, 11) is 0. The van der Waals surface area contributed by atoms with Gasteiger partial charge in [-0.3, -0.25) is 0 Å². The van der Waals surface area contributed by atoms with Crippen LogP contribution in [0.4, 0.5) is 0 Å². The van der Waals surface area contributed by atoms with E-state index in [9.17, 15) is 10.2 Å². The molecule has 3 N–H and O–H groups in total. The fourth-order valence-corrected chi connectivity index (χ4v) is 2.93. The molecule has 0 bridgehead atoms. The normalized spacial score (nSPS) is 26.8. The zero-order valence-electron chi connectivity index (χ0n) is 11.5. The molecule has 0 aliphatic heterocycles. The van der Waals surface area contributed by atoms with Crippen molar-refractivity contribution < 1.29 is 10.2 Å². The lowest BCUT2D eigenvalue weighted by atomic mass is 9.90. The molecule has 0 saturated heterocycles. The van der Waals surface area contributed by atoms with E-state index >= 15 is 0 Å². The van der Waals surface area contributed by atoms with Gasteiger partial charge in [0.1, 0.15) is 0 Å². The van der Waals surface area contributed by atoms with Gasteiger partial charge in [0, 0.05) is 12.6 Å². The van der Waals surface area contributed by atoms with Gasteiger partial charge in [0.2, 0.25) is 0 Å². The molecule has 2 aromatic carbocycles. The van der Waals surface area contributed by atoms with Gasteiger partial charge in [-0.25, -0.2) is 0 Å². The van der Waals surface area contributed by atoms with Gasteiger partial charge in [0.15, 0.2) is 0 Å². The Hall–Kier alpha value is -1.42. The van der Waals surface area contributed by atoms with Crippen molar-refractivity contribution in [2.24, 2.45) is 0 Å². The Bertz CT molecular complexity index is 584. The SMILES string of the molecule is O[C@@H]1CCC(NCc2ccc3ccccc3c2)C[C@@H]1O. The molecule has 0 spiro atoms. The number of rotatable bonds is 3. The van der Waals surface area contributed by atoms with Crippen LogP contribution in [-0.4, -0.2) is 28.5 Å². The molecule has 1 fully saturated rings. The highest BCUT2D eigenvalue weighted by Crippen LogP contribution is 2.20. The van der Waals surface area contributed by atoms with Crippen molar-refractivity contribution in [1.29, 1.82) is 0 Å². The minimum absolute atomic E-state index is 0.292. The second-order valence-electron chi connectivity index (χ2n) is 5.71. The fraction of sp³-hybridized carbons (Fsp3) is 0.412. The first-order valence-electron chi connectivity index (χ1n) is 7.29. The van der Waals surface area contributed by atoms with E-state index in [-0.39, 0.29) is 0 Å². The zero-order valence-corrected chi connectivity index (χ0v) is 11.5. The van der Waals surface area contributed by atoms with Gasteiger partial charge < -0.3 is 15.5 Å². The Balaban J connectivity index is 1.62. The maximum Gasteiger partial charge on any atom is 0.0813 e. The van der Waals surface area contributed by atoms with Crippen molar-refractivity contribution in [2.45, 2.75) is 44.1 Å². The van der Waals surface area contributed by atoms with Gasteiger partial charge in [-0.1, -0.05) is 36.4 Å². The lowest BCUT2D eigenvalue weighted by molar-refractivity contribution is -0.0183. The van der Waals surface area contributed by atoms with Crippen molar-refractivity contribution in [3.8, 4) is 0 Å². The summed E-state index contributed by atoms with van der Waals surface area (Å²) in [6.07, 6.45) is 1.10. The highest BCUT2D eigenvalue weighted by Gasteiger charge is 2.26. The van der Waals surface area contributed by atoms with E-state index in [1.165, 1.54) is 16.3 Å². The van der Waals surface area contributed by atoms with Gasteiger partial charge in [0.05, 0.1) is 12.2 Å². The zero-order chi connectivity index (χ0) is 13.9. The molecule has 1 saturated carbocycles. The molecule has 1 aliphatic carbocycles. The third kappa shape index (κ3) is 3.01. The van der Waals surface area contributed by atoms with E-state index in [0.717, 1.165) is 13.0 Å². The number of aliphatic hydroxyl groups excluding tert-OH is 2. The molecule has 0 heterocycles. The highest BCUT2D eigenvalue weighted by atomic mass is 16.3. The average Bonchev–Trinajstić information content (AvgIpc) is 2.48. The predicted molar refractivity (Wildman–Crippen MR) is 80.4 cm³/mol. The van der Waals surface area contributed by atoms with Crippen LogP contribution in [0.3, 0.4) is 0 Å². The molecule has 3 atom stereocenters. The van der Waals surface area contributed by atoms with Crippen LogP contribution in [0.5, 0.6) is 0 Å². The van der Waals surface area contributed by atoms with Gasteiger partial charge >= 0.3 is 0 Å². The molecule has 3 heteroatoms. The van der Waals surface area contributed by atoms with Crippen molar-refractivity contribution in [3.63, 3.8) is 0 Å². The quantitative estimate of drug-likeness (QED) is 0.802. The standard InChI is InChI=1S/C17H21NO2/c19-16-8-7-15(10-17(16)20)18-11-12-5-6-13-3-1-2-4-14(13)9-12/h1-6,9,15-20H,7-8,10-11H2/t15?,16-,17+/m1/s1. The number of benzene rings is 2. The topological polar surface area (TPSA) is 52.5 Å². The molecule has 0 amide bonds. The molecule has 2 aromatic rings. The molecule has 1 unspecified atom stereocenters. The smallest absolute Gasteiger partial charge is 0.0813 e. The Morgan fingerprint density at radius 1 is 0.950 bits per heavy atom. The third-order valence-electron chi connectivity index (χ3n) is 4.19. The Kier molecular flexibility index (Phi) is 4.01. The van der Waals surface area contributed by atoms with Crippen LogP contribution in [0.15, 0.2) is 42.5 Å². The minimum atomic E-state index is -0.585. The molecule has 3 nitrogen and oxygen atoms in total. The maximum atomic E-state index is 9.70. The monoisotopic (exact) mass is 271 g/mol. The summed E-state index contributed by atoms with van der Waals surface area (Å²) >= 11 is 0. The molecule has 0 aromatic heterocycles. The largest absolute Gasteiger partial charge is 0.390 e. The summed E-state index contributed by atoms with van der Waals surface area (Å²) in [4.78, 5) is 0. The number of nitrogens with one attached hydrogen (secondary N) is 1. The Labute approximate surface area is 119 Å². The summed E-state index contributed by atoms with van der Waals surface area (Å²) in [5.41, 5.74) is 1.25. The molecule has 20 heavy (non-hydrogen) atoms. The van der Waals surface area contributed by atoms with E-state index in [1.807, 2.05) is 0 Å². The number of aliphatic hydroxyl groups is 2. The lowest BCUT2D eigenvalue weighted by Crippen LogP contribution is -2.42. The van der Waals surface area contributed by atoms with Crippen LogP contribution in [0, 0.1) is 0 Å². The summed E-state index contributed by atoms with van der Waals surface area (Å²) in [5, 5.41) is 25.2. The van der Waals surface area contributed by atoms with Gasteiger partial charge in [-0.05, 0) is 41.7 Å². The fourth-order valence-electron chi connectivity index (χ4n) is 2.93. The molecule has 106 valence electrons. The first kappa shape index (κ1) is 13.6. The number of hydrogen-bond donors (Lipinski definition) is 3. The molecule has 3 rings (SSSR count). The van der Waals surface area contributed by atoms with E-state index < -0.39 is 12.2 Å². The van der Waals surface area contributed by atoms with Crippen LogP contribution < -0.4 is 5.32 Å².